The molecular formula is C20H29FN2O2. The number of methoxy groups -OCH3 is 1. The van der Waals surface area contributed by atoms with Crippen LogP contribution in [-0.2, 0) is 4.74 Å². The number of rotatable bonds is 4. The van der Waals surface area contributed by atoms with Crippen LogP contribution in [0.5, 0.6) is 0 Å². The molecule has 4 nitrogen and oxygen atoms in total. The molecule has 0 bridgehead atoms. The molecule has 25 heavy (non-hydrogen) atoms. The molecule has 0 radical (unpaired) electrons. The summed E-state index contributed by atoms with van der Waals surface area (Å²) >= 11 is 0. The Bertz CT molecular complexity index is 611. The summed E-state index contributed by atoms with van der Waals surface area (Å²) in [5.74, 6) is -0.611. The van der Waals surface area contributed by atoms with Gasteiger partial charge in [-0.3, -0.25) is 9.69 Å². The Balaban J connectivity index is 1.65. The fraction of sp³-hybridized carbons (Fsp3) is 0.650. The molecule has 0 aromatic heterocycles. The fourth-order valence-electron chi connectivity index (χ4n) is 4.50. The van der Waals surface area contributed by atoms with Crippen molar-refractivity contribution in [2.24, 2.45) is 5.41 Å². The lowest BCUT2D eigenvalue weighted by atomic mass is 9.76. The average Bonchev–Trinajstić information content (AvgIpc) is 2.94. The molecule has 3 rings (SSSR count). The van der Waals surface area contributed by atoms with Gasteiger partial charge in [0.05, 0.1) is 12.2 Å². The molecule has 138 valence electrons. The maximum atomic E-state index is 13.9. The number of ether oxygens (including phenoxy) is 1. The molecule has 0 saturated carbocycles. The molecule has 1 unspecified atom stereocenters. The number of nitrogens with zero attached hydrogens (tertiary/aromatic N) is 2. The minimum atomic E-state index is -0.431. The number of carbonyl (C=O) groups is 1. The second kappa shape index (κ2) is 7.42. The Morgan fingerprint density at radius 1 is 1.32 bits per heavy atom. The van der Waals surface area contributed by atoms with Gasteiger partial charge in [0, 0.05) is 38.8 Å². The third-order valence-corrected chi connectivity index (χ3v) is 5.89. The molecule has 1 aromatic carbocycles. The largest absolute Gasteiger partial charge is 0.383 e. The van der Waals surface area contributed by atoms with Gasteiger partial charge >= 0.3 is 0 Å². The molecule has 5 heteroatoms. The Hall–Kier alpha value is -1.46. The second-order valence-electron chi connectivity index (χ2n) is 7.85. The molecule has 2 heterocycles. The second-order valence-corrected chi connectivity index (χ2v) is 7.85. The summed E-state index contributed by atoms with van der Waals surface area (Å²) in [6.07, 6.45) is 3.09. The monoisotopic (exact) mass is 348 g/mol. The molecule has 1 amide bonds. The van der Waals surface area contributed by atoms with E-state index in [-0.39, 0.29) is 16.9 Å². The predicted molar refractivity (Wildman–Crippen MR) is 96.1 cm³/mol. The van der Waals surface area contributed by atoms with Crippen molar-refractivity contribution in [2.75, 3.05) is 33.4 Å². The minimum Gasteiger partial charge on any atom is -0.383 e. The van der Waals surface area contributed by atoms with E-state index in [2.05, 4.69) is 18.7 Å². The van der Waals surface area contributed by atoms with Gasteiger partial charge in [-0.15, -0.1) is 0 Å². The van der Waals surface area contributed by atoms with Gasteiger partial charge in [-0.1, -0.05) is 12.1 Å². The highest BCUT2D eigenvalue weighted by molar-refractivity contribution is 5.94. The number of hydrogen-bond acceptors (Lipinski definition) is 3. The minimum absolute atomic E-state index is 0.180. The van der Waals surface area contributed by atoms with Gasteiger partial charge in [0.25, 0.3) is 5.91 Å². The number of hydrogen-bond donors (Lipinski definition) is 0. The van der Waals surface area contributed by atoms with Crippen molar-refractivity contribution < 1.29 is 13.9 Å². The van der Waals surface area contributed by atoms with E-state index in [1.807, 2.05) is 4.90 Å². The Morgan fingerprint density at radius 2 is 2.00 bits per heavy atom. The number of piperidine rings is 1. The van der Waals surface area contributed by atoms with Crippen LogP contribution in [0.2, 0.25) is 0 Å². The number of carbonyl (C=O) groups excluding carboxylic acids is 1. The number of likely N-dealkylation sites (tertiary alicyclic amines) is 2. The third kappa shape index (κ3) is 3.72. The van der Waals surface area contributed by atoms with E-state index in [1.165, 1.54) is 6.07 Å². The van der Waals surface area contributed by atoms with Gasteiger partial charge < -0.3 is 9.64 Å². The highest BCUT2D eigenvalue weighted by Crippen LogP contribution is 2.44. The normalized spacial score (nSPS) is 23.6. The summed E-state index contributed by atoms with van der Waals surface area (Å²) in [4.78, 5) is 17.0. The Kier molecular flexibility index (Phi) is 5.44. The third-order valence-electron chi connectivity index (χ3n) is 5.89. The first kappa shape index (κ1) is 18.3. The molecular weight excluding hydrogens is 319 g/mol. The highest BCUT2D eigenvalue weighted by atomic mass is 19.1. The van der Waals surface area contributed by atoms with Gasteiger partial charge in [-0.25, -0.2) is 4.39 Å². The zero-order valence-corrected chi connectivity index (χ0v) is 15.5. The van der Waals surface area contributed by atoms with Gasteiger partial charge in [-0.05, 0) is 50.7 Å². The van der Waals surface area contributed by atoms with Crippen molar-refractivity contribution in [3.8, 4) is 0 Å². The SMILES string of the molecule is COCC1CC2(CCN(C(=O)c3ccccc3F)CC2)CN1C(C)C. The lowest BCUT2D eigenvalue weighted by Gasteiger charge is -2.39. The Labute approximate surface area is 149 Å². The van der Waals surface area contributed by atoms with Crippen molar-refractivity contribution >= 4 is 5.91 Å². The summed E-state index contributed by atoms with van der Waals surface area (Å²) in [7, 11) is 1.76. The zero-order chi connectivity index (χ0) is 18.0. The van der Waals surface area contributed by atoms with Crippen LogP contribution in [0.15, 0.2) is 24.3 Å². The predicted octanol–water partition coefficient (Wildman–Crippen LogP) is 3.18. The first-order chi connectivity index (χ1) is 12.0. The van der Waals surface area contributed by atoms with Crippen LogP contribution in [0.1, 0.15) is 43.5 Å². The zero-order valence-electron chi connectivity index (χ0n) is 15.5. The maximum absolute atomic E-state index is 13.9. The molecule has 0 aliphatic carbocycles. The summed E-state index contributed by atoms with van der Waals surface area (Å²) in [6, 6.07) is 7.22. The molecule has 1 aromatic rings. The van der Waals surface area contributed by atoms with E-state index in [0.29, 0.717) is 25.2 Å². The van der Waals surface area contributed by atoms with Crippen LogP contribution < -0.4 is 0 Å². The first-order valence-electron chi connectivity index (χ1n) is 9.24. The summed E-state index contributed by atoms with van der Waals surface area (Å²) < 4.78 is 19.3. The summed E-state index contributed by atoms with van der Waals surface area (Å²) in [6.45, 7) is 7.72. The lowest BCUT2D eigenvalue weighted by Crippen LogP contribution is -2.45. The number of amides is 1. The molecule has 1 spiro atoms. The molecule has 1 atom stereocenters. The maximum Gasteiger partial charge on any atom is 0.256 e. The van der Waals surface area contributed by atoms with Crippen LogP contribution in [-0.4, -0.2) is 61.1 Å². The first-order valence-corrected chi connectivity index (χ1v) is 9.24. The van der Waals surface area contributed by atoms with E-state index < -0.39 is 5.82 Å². The van der Waals surface area contributed by atoms with Crippen molar-refractivity contribution in [2.45, 2.75) is 45.2 Å². The van der Waals surface area contributed by atoms with Crippen LogP contribution in [0, 0.1) is 11.2 Å². The Morgan fingerprint density at radius 3 is 2.60 bits per heavy atom. The molecule has 2 fully saturated rings. The van der Waals surface area contributed by atoms with E-state index in [4.69, 9.17) is 4.74 Å². The number of halogens is 1. The fourth-order valence-corrected chi connectivity index (χ4v) is 4.50. The number of benzene rings is 1. The van der Waals surface area contributed by atoms with Crippen LogP contribution in [0.4, 0.5) is 4.39 Å². The van der Waals surface area contributed by atoms with Crippen LogP contribution >= 0.6 is 0 Å². The van der Waals surface area contributed by atoms with Gasteiger partial charge in [0.1, 0.15) is 5.82 Å². The van der Waals surface area contributed by atoms with E-state index >= 15 is 0 Å². The highest BCUT2D eigenvalue weighted by Gasteiger charge is 2.46. The quantitative estimate of drug-likeness (QED) is 0.838. The van der Waals surface area contributed by atoms with Gasteiger partial charge in [0.15, 0.2) is 0 Å². The van der Waals surface area contributed by atoms with Crippen molar-refractivity contribution in [1.29, 1.82) is 0 Å². The van der Waals surface area contributed by atoms with Crippen molar-refractivity contribution in [3.05, 3.63) is 35.6 Å². The van der Waals surface area contributed by atoms with Gasteiger partial charge in [0.2, 0.25) is 0 Å². The van der Waals surface area contributed by atoms with Crippen molar-refractivity contribution in [1.82, 2.24) is 9.80 Å². The molecule has 2 aliphatic heterocycles. The molecule has 2 saturated heterocycles. The standard InChI is InChI=1S/C20H29FN2O2/c1-15(2)23-14-20(12-16(23)13-25-3)8-10-22(11-9-20)19(24)17-6-4-5-7-18(17)21/h4-7,15-16H,8-14H2,1-3H3. The topological polar surface area (TPSA) is 32.8 Å². The lowest BCUT2D eigenvalue weighted by molar-refractivity contribution is 0.0577. The van der Waals surface area contributed by atoms with E-state index in [1.54, 1.807) is 25.3 Å². The molecule has 0 N–H and O–H groups in total. The summed E-state index contributed by atoms with van der Waals surface area (Å²) in [5, 5.41) is 0. The summed E-state index contributed by atoms with van der Waals surface area (Å²) in [5.41, 5.74) is 0.449. The van der Waals surface area contributed by atoms with Crippen LogP contribution in [0.3, 0.4) is 0 Å². The smallest absolute Gasteiger partial charge is 0.256 e. The van der Waals surface area contributed by atoms with Gasteiger partial charge in [-0.2, -0.15) is 0 Å². The molecule has 2 aliphatic rings. The van der Waals surface area contributed by atoms with Crippen molar-refractivity contribution in [3.63, 3.8) is 0 Å². The average molecular weight is 348 g/mol. The van der Waals surface area contributed by atoms with Crippen LogP contribution in [0.25, 0.3) is 0 Å². The van der Waals surface area contributed by atoms with E-state index in [9.17, 15) is 9.18 Å². The van der Waals surface area contributed by atoms with E-state index in [0.717, 1.165) is 32.4 Å².